The van der Waals surface area contributed by atoms with Crippen LogP contribution in [0.5, 0.6) is 17.2 Å². The Morgan fingerprint density at radius 2 is 1.88 bits per heavy atom. The summed E-state index contributed by atoms with van der Waals surface area (Å²) in [6.07, 6.45) is 2.23. The van der Waals surface area contributed by atoms with E-state index >= 15 is 0 Å². The van der Waals surface area contributed by atoms with Gasteiger partial charge >= 0.3 is 0 Å². The molecule has 1 saturated heterocycles. The number of rotatable bonds is 9. The second kappa shape index (κ2) is 10.7. The number of carbonyl (C=O) groups is 1. The van der Waals surface area contributed by atoms with Crippen LogP contribution in [0.2, 0.25) is 0 Å². The maximum atomic E-state index is 12.8. The van der Waals surface area contributed by atoms with E-state index in [1.165, 1.54) is 0 Å². The van der Waals surface area contributed by atoms with Crippen molar-refractivity contribution in [3.63, 3.8) is 0 Å². The first-order chi connectivity index (χ1) is 15.7. The summed E-state index contributed by atoms with van der Waals surface area (Å²) in [5.74, 6) is 1.54. The van der Waals surface area contributed by atoms with Gasteiger partial charge in [0.25, 0.3) is 5.91 Å². The van der Waals surface area contributed by atoms with E-state index in [1.807, 2.05) is 48.5 Å². The minimum atomic E-state index is -0.241. The molecule has 1 aliphatic rings. The molecule has 1 amide bonds. The van der Waals surface area contributed by atoms with Gasteiger partial charge in [-0.2, -0.15) is 0 Å². The van der Waals surface area contributed by atoms with Crippen molar-refractivity contribution in [3.05, 3.63) is 83.9 Å². The lowest BCUT2D eigenvalue weighted by atomic mass is 10.1. The Morgan fingerprint density at radius 1 is 1.00 bits per heavy atom. The van der Waals surface area contributed by atoms with E-state index in [0.717, 1.165) is 25.0 Å². The summed E-state index contributed by atoms with van der Waals surface area (Å²) in [6.45, 7) is 1.73. The van der Waals surface area contributed by atoms with E-state index in [4.69, 9.17) is 18.9 Å². The molecule has 166 valence electrons. The second-order valence-electron chi connectivity index (χ2n) is 7.57. The van der Waals surface area contributed by atoms with E-state index in [-0.39, 0.29) is 12.0 Å². The standard InChI is InChI=1S/C26H27NO5/c1-29-25-15-20(12-13-24(25)32-17-19-7-3-2-4-8-19)26(28)27-21-9-5-10-22(16-21)31-18-23-11-6-14-30-23/h2-5,7-10,12-13,15-16,23H,6,11,14,17-18H2,1H3,(H,27,28). The fourth-order valence-electron chi connectivity index (χ4n) is 3.50. The molecule has 0 spiro atoms. The number of carbonyl (C=O) groups excluding carboxylic acids is 1. The highest BCUT2D eigenvalue weighted by atomic mass is 16.5. The number of hydrogen-bond donors (Lipinski definition) is 1. The molecule has 0 bridgehead atoms. The largest absolute Gasteiger partial charge is 0.493 e. The van der Waals surface area contributed by atoms with Crippen molar-refractivity contribution in [2.24, 2.45) is 0 Å². The molecule has 4 rings (SSSR count). The van der Waals surface area contributed by atoms with Gasteiger partial charge in [-0.05, 0) is 48.7 Å². The Labute approximate surface area is 188 Å². The lowest BCUT2D eigenvalue weighted by Gasteiger charge is -2.14. The van der Waals surface area contributed by atoms with Crippen LogP contribution in [0.1, 0.15) is 28.8 Å². The summed E-state index contributed by atoms with van der Waals surface area (Å²) in [4.78, 5) is 12.8. The van der Waals surface area contributed by atoms with Gasteiger partial charge in [-0.1, -0.05) is 36.4 Å². The normalized spacial score (nSPS) is 15.2. The SMILES string of the molecule is COc1cc(C(=O)Nc2cccc(OCC3CCCO3)c2)ccc1OCc1ccccc1. The molecule has 0 saturated carbocycles. The number of hydrogen-bond acceptors (Lipinski definition) is 5. The number of methoxy groups -OCH3 is 1. The van der Waals surface area contributed by atoms with Crippen molar-refractivity contribution in [2.75, 3.05) is 25.6 Å². The third-order valence-electron chi connectivity index (χ3n) is 5.21. The summed E-state index contributed by atoms with van der Waals surface area (Å²) in [5.41, 5.74) is 2.18. The molecule has 1 unspecified atom stereocenters. The molecule has 0 radical (unpaired) electrons. The predicted molar refractivity (Wildman–Crippen MR) is 123 cm³/mol. The Balaban J connectivity index is 1.37. The van der Waals surface area contributed by atoms with Crippen LogP contribution in [0.15, 0.2) is 72.8 Å². The first-order valence-corrected chi connectivity index (χ1v) is 10.7. The molecule has 3 aromatic rings. The Bertz CT molecular complexity index is 1030. The maximum absolute atomic E-state index is 12.8. The third kappa shape index (κ3) is 5.80. The summed E-state index contributed by atoms with van der Waals surface area (Å²) in [5, 5.41) is 2.91. The van der Waals surface area contributed by atoms with E-state index in [2.05, 4.69) is 5.32 Å². The Morgan fingerprint density at radius 3 is 2.66 bits per heavy atom. The summed E-state index contributed by atoms with van der Waals surface area (Å²) < 4.78 is 22.7. The van der Waals surface area contributed by atoms with Crippen molar-refractivity contribution in [2.45, 2.75) is 25.6 Å². The van der Waals surface area contributed by atoms with Crippen molar-refractivity contribution >= 4 is 11.6 Å². The third-order valence-corrected chi connectivity index (χ3v) is 5.21. The highest BCUT2D eigenvalue weighted by Gasteiger charge is 2.16. The average molecular weight is 434 g/mol. The van der Waals surface area contributed by atoms with Crippen molar-refractivity contribution in [1.29, 1.82) is 0 Å². The number of amides is 1. The van der Waals surface area contributed by atoms with Crippen LogP contribution in [0.25, 0.3) is 0 Å². The highest BCUT2D eigenvalue weighted by Crippen LogP contribution is 2.29. The first-order valence-electron chi connectivity index (χ1n) is 10.7. The zero-order chi connectivity index (χ0) is 22.2. The van der Waals surface area contributed by atoms with Gasteiger partial charge in [-0.25, -0.2) is 0 Å². The van der Waals surface area contributed by atoms with Gasteiger partial charge in [0.1, 0.15) is 19.0 Å². The molecule has 3 aromatic carbocycles. The van der Waals surface area contributed by atoms with Crippen molar-refractivity contribution in [1.82, 2.24) is 0 Å². The zero-order valence-electron chi connectivity index (χ0n) is 18.1. The molecule has 1 fully saturated rings. The fraction of sp³-hybridized carbons (Fsp3) is 0.269. The van der Waals surface area contributed by atoms with Crippen LogP contribution in [0.4, 0.5) is 5.69 Å². The molecule has 6 heteroatoms. The quantitative estimate of drug-likeness (QED) is 0.510. The highest BCUT2D eigenvalue weighted by molar-refractivity contribution is 6.04. The van der Waals surface area contributed by atoms with Crippen LogP contribution in [-0.2, 0) is 11.3 Å². The number of ether oxygens (including phenoxy) is 4. The lowest BCUT2D eigenvalue weighted by molar-refractivity contribution is 0.0680. The van der Waals surface area contributed by atoms with Gasteiger partial charge in [0.2, 0.25) is 0 Å². The van der Waals surface area contributed by atoms with Gasteiger partial charge in [0, 0.05) is 23.9 Å². The molecule has 0 aromatic heterocycles. The van der Waals surface area contributed by atoms with Gasteiger partial charge in [-0.15, -0.1) is 0 Å². The van der Waals surface area contributed by atoms with Crippen molar-refractivity contribution in [3.8, 4) is 17.2 Å². The van der Waals surface area contributed by atoms with Crippen LogP contribution >= 0.6 is 0 Å². The van der Waals surface area contributed by atoms with Crippen LogP contribution < -0.4 is 19.5 Å². The summed E-state index contributed by atoms with van der Waals surface area (Å²) >= 11 is 0. The maximum Gasteiger partial charge on any atom is 0.255 e. The molecule has 1 atom stereocenters. The molecule has 1 aliphatic heterocycles. The second-order valence-corrected chi connectivity index (χ2v) is 7.57. The van der Waals surface area contributed by atoms with Gasteiger partial charge < -0.3 is 24.3 Å². The van der Waals surface area contributed by atoms with E-state index in [1.54, 1.807) is 31.4 Å². The van der Waals surface area contributed by atoms with Gasteiger partial charge in [0.05, 0.1) is 13.2 Å². The van der Waals surface area contributed by atoms with Crippen LogP contribution in [-0.4, -0.2) is 32.3 Å². The zero-order valence-corrected chi connectivity index (χ0v) is 18.1. The topological polar surface area (TPSA) is 66.0 Å². The van der Waals surface area contributed by atoms with Crippen LogP contribution in [0, 0.1) is 0 Å². The molecule has 32 heavy (non-hydrogen) atoms. The molecule has 6 nitrogen and oxygen atoms in total. The smallest absolute Gasteiger partial charge is 0.255 e. The van der Waals surface area contributed by atoms with Crippen molar-refractivity contribution < 1.29 is 23.7 Å². The van der Waals surface area contributed by atoms with E-state index in [9.17, 15) is 4.79 Å². The van der Waals surface area contributed by atoms with Gasteiger partial charge in [-0.3, -0.25) is 4.79 Å². The van der Waals surface area contributed by atoms with Gasteiger partial charge in [0.15, 0.2) is 11.5 Å². The average Bonchev–Trinajstić information content (AvgIpc) is 3.36. The fourth-order valence-corrected chi connectivity index (χ4v) is 3.50. The molecular formula is C26H27NO5. The monoisotopic (exact) mass is 433 g/mol. The minimum absolute atomic E-state index is 0.142. The van der Waals surface area contributed by atoms with Crippen LogP contribution in [0.3, 0.4) is 0 Å². The minimum Gasteiger partial charge on any atom is -0.493 e. The number of nitrogens with one attached hydrogen (secondary N) is 1. The Hall–Kier alpha value is -3.51. The number of anilines is 1. The number of benzene rings is 3. The van der Waals surface area contributed by atoms with E-state index < -0.39 is 0 Å². The predicted octanol–water partition coefficient (Wildman–Crippen LogP) is 5.08. The molecule has 0 aliphatic carbocycles. The summed E-state index contributed by atoms with van der Waals surface area (Å²) in [7, 11) is 1.56. The Kier molecular flexibility index (Phi) is 7.25. The molecular weight excluding hydrogens is 406 g/mol. The first kappa shape index (κ1) is 21.7. The molecule has 1 heterocycles. The lowest BCUT2D eigenvalue weighted by Crippen LogP contribution is -2.16. The molecule has 1 N–H and O–H groups in total. The van der Waals surface area contributed by atoms with E-state index in [0.29, 0.717) is 41.7 Å². The summed E-state index contributed by atoms with van der Waals surface area (Å²) in [6, 6.07) is 22.4.